The van der Waals surface area contributed by atoms with Crippen molar-refractivity contribution in [3.63, 3.8) is 0 Å². The minimum absolute atomic E-state index is 0.785. The van der Waals surface area contributed by atoms with Crippen LogP contribution >= 0.6 is 0 Å². The second-order valence-electron chi connectivity index (χ2n) is 3.90. The van der Waals surface area contributed by atoms with Crippen LogP contribution in [0, 0.1) is 5.92 Å². The Morgan fingerprint density at radius 2 is 2.36 bits per heavy atom. The van der Waals surface area contributed by atoms with Gasteiger partial charge in [-0.1, -0.05) is 6.92 Å². The maximum Gasteiger partial charge on any atom is 0.165 e. The smallest absolute Gasteiger partial charge is 0.165 e. The van der Waals surface area contributed by atoms with Crippen LogP contribution in [0.1, 0.15) is 32.0 Å². The maximum atomic E-state index is 4.01. The summed E-state index contributed by atoms with van der Waals surface area (Å²) < 4.78 is 1.93. The molecule has 0 amide bonds. The van der Waals surface area contributed by atoms with Gasteiger partial charge in [0, 0.05) is 6.54 Å². The first-order valence-corrected chi connectivity index (χ1v) is 5.36. The van der Waals surface area contributed by atoms with Gasteiger partial charge in [-0.3, -0.25) is 0 Å². The van der Waals surface area contributed by atoms with Gasteiger partial charge in [0.05, 0.1) is 6.54 Å². The molecule has 0 spiro atoms. The van der Waals surface area contributed by atoms with Gasteiger partial charge < -0.3 is 5.32 Å². The van der Waals surface area contributed by atoms with E-state index < -0.39 is 0 Å². The molecule has 2 rings (SSSR count). The molecule has 0 radical (unpaired) electrons. The molecule has 0 bridgehead atoms. The van der Waals surface area contributed by atoms with Crippen LogP contribution in [-0.4, -0.2) is 26.8 Å². The number of rotatable bonds is 6. The molecule has 1 N–H and O–H groups in total. The van der Waals surface area contributed by atoms with E-state index in [1.807, 2.05) is 4.68 Å². The van der Waals surface area contributed by atoms with Gasteiger partial charge >= 0.3 is 0 Å². The first-order valence-electron chi connectivity index (χ1n) is 5.36. The van der Waals surface area contributed by atoms with Crippen molar-refractivity contribution in [2.45, 2.75) is 39.3 Å². The monoisotopic (exact) mass is 195 g/mol. The average Bonchev–Trinajstić information content (AvgIpc) is 2.88. The highest BCUT2D eigenvalue weighted by molar-refractivity contribution is 4.83. The van der Waals surface area contributed by atoms with Crippen molar-refractivity contribution in [1.29, 1.82) is 0 Å². The molecule has 0 aliphatic heterocycles. The van der Waals surface area contributed by atoms with Crippen LogP contribution in [0.2, 0.25) is 0 Å². The van der Waals surface area contributed by atoms with E-state index >= 15 is 0 Å². The lowest BCUT2D eigenvalue weighted by atomic mass is 10.4. The summed E-state index contributed by atoms with van der Waals surface area (Å²) in [6, 6.07) is 0. The molecule has 0 aromatic carbocycles. The number of tetrazole rings is 1. The zero-order chi connectivity index (χ0) is 9.80. The van der Waals surface area contributed by atoms with E-state index in [0.717, 1.165) is 37.8 Å². The van der Waals surface area contributed by atoms with Gasteiger partial charge in [0.2, 0.25) is 0 Å². The van der Waals surface area contributed by atoms with E-state index in [0.29, 0.717) is 0 Å². The molecule has 1 fully saturated rings. The maximum absolute atomic E-state index is 4.01. The molecule has 1 heterocycles. The van der Waals surface area contributed by atoms with Crippen LogP contribution in [0.4, 0.5) is 0 Å². The molecule has 1 aromatic heterocycles. The van der Waals surface area contributed by atoms with E-state index in [2.05, 4.69) is 27.8 Å². The van der Waals surface area contributed by atoms with Gasteiger partial charge in [-0.25, -0.2) is 4.68 Å². The van der Waals surface area contributed by atoms with Gasteiger partial charge in [0.25, 0.3) is 0 Å². The number of hydrogen-bond acceptors (Lipinski definition) is 4. The Balaban J connectivity index is 1.84. The molecule has 78 valence electrons. The number of hydrogen-bond donors (Lipinski definition) is 1. The summed E-state index contributed by atoms with van der Waals surface area (Å²) in [6.45, 7) is 4.96. The first kappa shape index (κ1) is 9.58. The van der Waals surface area contributed by atoms with Crippen LogP contribution < -0.4 is 5.32 Å². The summed E-state index contributed by atoms with van der Waals surface area (Å²) in [5, 5.41) is 15.0. The highest BCUT2D eigenvalue weighted by Crippen LogP contribution is 2.30. The third-order valence-corrected chi connectivity index (χ3v) is 2.44. The van der Waals surface area contributed by atoms with E-state index in [9.17, 15) is 0 Å². The first-order chi connectivity index (χ1) is 6.90. The van der Waals surface area contributed by atoms with Crippen LogP contribution in [0.3, 0.4) is 0 Å². The Kier molecular flexibility index (Phi) is 3.08. The van der Waals surface area contributed by atoms with Crippen molar-refractivity contribution < 1.29 is 0 Å². The Bertz CT molecular complexity index is 278. The Morgan fingerprint density at radius 1 is 1.50 bits per heavy atom. The molecule has 5 nitrogen and oxygen atoms in total. The summed E-state index contributed by atoms with van der Waals surface area (Å²) in [7, 11) is 0. The summed E-state index contributed by atoms with van der Waals surface area (Å²) >= 11 is 0. The standard InChI is InChI=1S/C9H17N5/c1-2-5-10-6-9-11-12-13-14(9)7-8-3-4-8/h8,10H,2-7H2,1H3. The van der Waals surface area contributed by atoms with Crippen molar-refractivity contribution in [3.05, 3.63) is 5.82 Å². The van der Waals surface area contributed by atoms with Crippen LogP contribution in [-0.2, 0) is 13.1 Å². The molecular formula is C9H17N5. The summed E-state index contributed by atoms with van der Waals surface area (Å²) in [5.41, 5.74) is 0. The van der Waals surface area contributed by atoms with Crippen molar-refractivity contribution in [1.82, 2.24) is 25.5 Å². The Morgan fingerprint density at radius 3 is 3.07 bits per heavy atom. The second-order valence-corrected chi connectivity index (χ2v) is 3.90. The zero-order valence-corrected chi connectivity index (χ0v) is 8.61. The van der Waals surface area contributed by atoms with Crippen LogP contribution in [0.25, 0.3) is 0 Å². The third kappa shape index (κ3) is 2.51. The second kappa shape index (κ2) is 4.50. The molecule has 0 atom stereocenters. The molecule has 1 aromatic rings. The van der Waals surface area contributed by atoms with Crippen molar-refractivity contribution in [3.8, 4) is 0 Å². The lowest BCUT2D eigenvalue weighted by Crippen LogP contribution is -2.18. The third-order valence-electron chi connectivity index (χ3n) is 2.44. The van der Waals surface area contributed by atoms with Gasteiger partial charge in [-0.15, -0.1) is 5.10 Å². The topological polar surface area (TPSA) is 55.6 Å². The lowest BCUT2D eigenvalue weighted by molar-refractivity contribution is 0.508. The average molecular weight is 195 g/mol. The molecule has 1 saturated carbocycles. The summed E-state index contributed by atoms with van der Waals surface area (Å²) in [5.74, 6) is 1.79. The van der Waals surface area contributed by atoms with E-state index in [1.54, 1.807) is 0 Å². The summed E-state index contributed by atoms with van der Waals surface area (Å²) in [6.07, 6.45) is 3.81. The number of aromatic nitrogens is 4. The van der Waals surface area contributed by atoms with Gasteiger partial charge in [0.15, 0.2) is 5.82 Å². The van der Waals surface area contributed by atoms with Gasteiger partial charge in [-0.2, -0.15) is 0 Å². The minimum atomic E-state index is 0.785. The number of nitrogens with one attached hydrogen (secondary N) is 1. The van der Waals surface area contributed by atoms with Crippen molar-refractivity contribution >= 4 is 0 Å². The molecule has 0 saturated heterocycles. The van der Waals surface area contributed by atoms with E-state index in [1.165, 1.54) is 12.8 Å². The normalized spacial score (nSPS) is 16.1. The predicted molar refractivity (Wildman–Crippen MR) is 52.5 cm³/mol. The molecule has 1 aliphatic carbocycles. The van der Waals surface area contributed by atoms with Crippen molar-refractivity contribution in [2.75, 3.05) is 6.54 Å². The fraction of sp³-hybridized carbons (Fsp3) is 0.889. The number of nitrogens with zero attached hydrogens (tertiary/aromatic N) is 4. The van der Waals surface area contributed by atoms with Crippen LogP contribution in [0.15, 0.2) is 0 Å². The molecule has 0 unspecified atom stereocenters. The Hall–Kier alpha value is -0.970. The minimum Gasteiger partial charge on any atom is -0.310 e. The fourth-order valence-electron chi connectivity index (χ4n) is 1.41. The predicted octanol–water partition coefficient (Wildman–Crippen LogP) is 0.583. The Labute approximate surface area is 83.9 Å². The van der Waals surface area contributed by atoms with Gasteiger partial charge in [0.1, 0.15) is 0 Å². The van der Waals surface area contributed by atoms with E-state index in [-0.39, 0.29) is 0 Å². The lowest BCUT2D eigenvalue weighted by Gasteiger charge is -2.03. The van der Waals surface area contributed by atoms with Crippen molar-refractivity contribution in [2.24, 2.45) is 5.92 Å². The van der Waals surface area contributed by atoms with E-state index in [4.69, 9.17) is 0 Å². The molecule has 5 heteroatoms. The molecule has 1 aliphatic rings. The quantitative estimate of drug-likeness (QED) is 0.675. The van der Waals surface area contributed by atoms with Gasteiger partial charge in [-0.05, 0) is 42.2 Å². The zero-order valence-electron chi connectivity index (χ0n) is 8.61. The molecule has 14 heavy (non-hydrogen) atoms. The highest BCUT2D eigenvalue weighted by atomic mass is 15.5. The fourth-order valence-corrected chi connectivity index (χ4v) is 1.41. The largest absolute Gasteiger partial charge is 0.310 e. The molecular weight excluding hydrogens is 178 g/mol. The summed E-state index contributed by atoms with van der Waals surface area (Å²) in [4.78, 5) is 0. The highest BCUT2D eigenvalue weighted by Gasteiger charge is 2.23. The SMILES string of the molecule is CCCNCc1nnnn1CC1CC1. The van der Waals surface area contributed by atoms with Crippen LogP contribution in [0.5, 0.6) is 0 Å².